The Bertz CT molecular complexity index is 549. The third-order valence-corrected chi connectivity index (χ3v) is 3.04. The zero-order valence-corrected chi connectivity index (χ0v) is 11.3. The van der Waals surface area contributed by atoms with Crippen LogP contribution in [0.5, 0.6) is 0 Å². The molecule has 0 heterocycles. The summed E-state index contributed by atoms with van der Waals surface area (Å²) in [5.41, 5.74) is 2.49. The number of rotatable bonds is 5. The van der Waals surface area contributed by atoms with Crippen LogP contribution >= 0.6 is 0 Å². The van der Waals surface area contributed by atoms with Crippen LogP contribution in [0.15, 0.2) is 65.7 Å². The molecule has 102 valence electrons. The molecule has 20 heavy (non-hydrogen) atoms. The van der Waals surface area contributed by atoms with Crippen LogP contribution < -0.4 is 5.11 Å². The molecule has 1 unspecified atom stereocenters. The summed E-state index contributed by atoms with van der Waals surface area (Å²) in [6, 6.07) is 18.3. The molecule has 0 radical (unpaired) electrons. The smallest absolute Gasteiger partial charge is 0.0898 e. The first kappa shape index (κ1) is 14.0. The standard InChI is InChI=1S/C17H17NO2/c1-2-15(17(19)20)18-16(13-9-5-3-6-10-13)14-11-7-4-8-12-14/h3-12,15H,2H2,1H3,(H,19,20)/p-1. The average molecular weight is 266 g/mol. The summed E-state index contributed by atoms with van der Waals surface area (Å²) in [5.74, 6) is -1.14. The van der Waals surface area contributed by atoms with Crippen molar-refractivity contribution in [2.24, 2.45) is 4.99 Å². The van der Waals surface area contributed by atoms with Crippen molar-refractivity contribution in [3.05, 3.63) is 71.8 Å². The molecule has 2 rings (SSSR count). The number of aliphatic imine (C=N–C) groups is 1. The maximum absolute atomic E-state index is 11.1. The number of carboxylic acids is 1. The Hall–Kier alpha value is -2.42. The number of nitrogens with zero attached hydrogens (tertiary/aromatic N) is 1. The van der Waals surface area contributed by atoms with Crippen LogP contribution in [-0.4, -0.2) is 17.7 Å². The van der Waals surface area contributed by atoms with E-state index in [0.29, 0.717) is 12.1 Å². The van der Waals surface area contributed by atoms with Crippen LogP contribution in [0.25, 0.3) is 0 Å². The highest BCUT2D eigenvalue weighted by Gasteiger charge is 2.11. The molecule has 0 bridgehead atoms. The Kier molecular flexibility index (Phi) is 4.66. The number of carbonyl (C=O) groups is 1. The summed E-state index contributed by atoms with van der Waals surface area (Å²) in [4.78, 5) is 15.5. The lowest BCUT2D eigenvalue weighted by molar-refractivity contribution is -0.307. The van der Waals surface area contributed by atoms with Gasteiger partial charge < -0.3 is 9.90 Å². The first-order valence-electron chi connectivity index (χ1n) is 6.62. The minimum atomic E-state index is -1.14. The highest BCUT2D eigenvalue weighted by molar-refractivity contribution is 6.13. The molecule has 0 amide bonds. The van der Waals surface area contributed by atoms with E-state index in [0.717, 1.165) is 11.1 Å². The van der Waals surface area contributed by atoms with E-state index in [2.05, 4.69) is 4.99 Å². The number of aliphatic carboxylic acids is 1. The molecule has 3 nitrogen and oxygen atoms in total. The van der Waals surface area contributed by atoms with E-state index in [4.69, 9.17) is 0 Å². The molecule has 1 atom stereocenters. The largest absolute Gasteiger partial charge is 0.548 e. The van der Waals surface area contributed by atoms with E-state index in [9.17, 15) is 9.90 Å². The maximum atomic E-state index is 11.1. The Morgan fingerprint density at radius 1 is 1.00 bits per heavy atom. The zero-order chi connectivity index (χ0) is 14.4. The molecule has 0 fully saturated rings. The van der Waals surface area contributed by atoms with Gasteiger partial charge in [-0.05, 0) is 6.42 Å². The summed E-state index contributed by atoms with van der Waals surface area (Å²) < 4.78 is 0. The van der Waals surface area contributed by atoms with Gasteiger partial charge in [-0.2, -0.15) is 0 Å². The summed E-state index contributed by atoms with van der Waals surface area (Å²) >= 11 is 0. The highest BCUT2D eigenvalue weighted by atomic mass is 16.4. The molecule has 0 aliphatic rings. The zero-order valence-electron chi connectivity index (χ0n) is 11.3. The van der Waals surface area contributed by atoms with Crippen molar-refractivity contribution in [3.63, 3.8) is 0 Å². The highest BCUT2D eigenvalue weighted by Crippen LogP contribution is 2.13. The molecule has 0 saturated carbocycles. The predicted octanol–water partition coefficient (Wildman–Crippen LogP) is 2.05. The van der Waals surface area contributed by atoms with Crippen LogP contribution in [0.2, 0.25) is 0 Å². The molecular weight excluding hydrogens is 250 g/mol. The molecular formula is C17H16NO2-. The van der Waals surface area contributed by atoms with Gasteiger partial charge in [0.25, 0.3) is 0 Å². The minimum absolute atomic E-state index is 0.408. The van der Waals surface area contributed by atoms with E-state index in [1.807, 2.05) is 60.7 Å². The lowest BCUT2D eigenvalue weighted by atomic mass is 10.0. The number of hydrogen-bond acceptors (Lipinski definition) is 3. The second-order valence-corrected chi connectivity index (χ2v) is 4.45. The first-order valence-corrected chi connectivity index (χ1v) is 6.62. The summed E-state index contributed by atoms with van der Waals surface area (Å²) in [5, 5.41) is 11.1. The quantitative estimate of drug-likeness (QED) is 0.778. The molecule has 0 aliphatic carbocycles. The van der Waals surface area contributed by atoms with Gasteiger partial charge in [0, 0.05) is 11.1 Å². The molecule has 0 spiro atoms. The van der Waals surface area contributed by atoms with E-state index in [-0.39, 0.29) is 0 Å². The van der Waals surface area contributed by atoms with E-state index in [1.165, 1.54) is 0 Å². The Labute approximate surface area is 118 Å². The van der Waals surface area contributed by atoms with Gasteiger partial charge in [0.1, 0.15) is 0 Å². The van der Waals surface area contributed by atoms with E-state index in [1.54, 1.807) is 6.92 Å². The third-order valence-electron chi connectivity index (χ3n) is 3.04. The van der Waals surface area contributed by atoms with Crippen LogP contribution in [0.1, 0.15) is 24.5 Å². The summed E-state index contributed by atoms with van der Waals surface area (Å²) in [6.07, 6.45) is 0.408. The number of carbonyl (C=O) groups excluding carboxylic acids is 1. The fraction of sp³-hybridized carbons (Fsp3) is 0.176. The van der Waals surface area contributed by atoms with Crippen molar-refractivity contribution >= 4 is 11.7 Å². The molecule has 0 saturated heterocycles. The van der Waals surface area contributed by atoms with Gasteiger partial charge in [0.05, 0.1) is 17.7 Å². The van der Waals surface area contributed by atoms with Crippen molar-refractivity contribution in [1.82, 2.24) is 0 Å². The molecule has 2 aromatic carbocycles. The van der Waals surface area contributed by atoms with Gasteiger partial charge in [0.15, 0.2) is 0 Å². The molecule has 0 N–H and O–H groups in total. The Morgan fingerprint density at radius 3 is 1.80 bits per heavy atom. The summed E-state index contributed by atoms with van der Waals surface area (Å²) in [7, 11) is 0. The maximum Gasteiger partial charge on any atom is 0.0898 e. The average Bonchev–Trinajstić information content (AvgIpc) is 2.50. The van der Waals surface area contributed by atoms with E-state index < -0.39 is 12.0 Å². The van der Waals surface area contributed by atoms with Gasteiger partial charge in [-0.3, -0.25) is 4.99 Å². The number of hydrogen-bond donors (Lipinski definition) is 0. The Balaban J connectivity index is 2.50. The molecule has 0 aliphatic heterocycles. The van der Waals surface area contributed by atoms with Crippen molar-refractivity contribution in [2.75, 3.05) is 0 Å². The van der Waals surface area contributed by atoms with Crippen molar-refractivity contribution in [2.45, 2.75) is 19.4 Å². The Morgan fingerprint density at radius 2 is 1.45 bits per heavy atom. The fourth-order valence-electron chi connectivity index (χ4n) is 1.97. The third kappa shape index (κ3) is 3.32. The van der Waals surface area contributed by atoms with Crippen molar-refractivity contribution in [1.29, 1.82) is 0 Å². The molecule has 0 aromatic heterocycles. The van der Waals surface area contributed by atoms with E-state index >= 15 is 0 Å². The van der Waals surface area contributed by atoms with Gasteiger partial charge in [-0.1, -0.05) is 67.6 Å². The lowest BCUT2D eigenvalue weighted by Gasteiger charge is -2.15. The van der Waals surface area contributed by atoms with Crippen LogP contribution in [0.3, 0.4) is 0 Å². The van der Waals surface area contributed by atoms with Gasteiger partial charge in [-0.15, -0.1) is 0 Å². The van der Waals surface area contributed by atoms with Gasteiger partial charge >= 0.3 is 0 Å². The van der Waals surface area contributed by atoms with Gasteiger partial charge in [0.2, 0.25) is 0 Å². The van der Waals surface area contributed by atoms with Gasteiger partial charge in [-0.25, -0.2) is 0 Å². The van der Waals surface area contributed by atoms with Crippen LogP contribution in [-0.2, 0) is 4.79 Å². The van der Waals surface area contributed by atoms with Crippen LogP contribution in [0.4, 0.5) is 0 Å². The van der Waals surface area contributed by atoms with Crippen LogP contribution in [0, 0.1) is 0 Å². The second-order valence-electron chi connectivity index (χ2n) is 4.45. The fourth-order valence-corrected chi connectivity index (χ4v) is 1.97. The normalized spacial score (nSPS) is 11.7. The van der Waals surface area contributed by atoms with Crippen molar-refractivity contribution < 1.29 is 9.90 Å². The monoisotopic (exact) mass is 266 g/mol. The summed E-state index contributed by atoms with van der Waals surface area (Å²) in [6.45, 7) is 1.79. The van der Waals surface area contributed by atoms with Crippen molar-refractivity contribution in [3.8, 4) is 0 Å². The number of carboxylic acid groups (broad SMARTS) is 1. The SMILES string of the molecule is CCC(N=C(c1ccccc1)c1ccccc1)C(=O)[O-]. The predicted molar refractivity (Wildman–Crippen MR) is 77.6 cm³/mol. The minimum Gasteiger partial charge on any atom is -0.548 e. The lowest BCUT2D eigenvalue weighted by Crippen LogP contribution is -2.34. The first-order chi connectivity index (χ1) is 9.72. The second kappa shape index (κ2) is 6.66. The molecule has 2 aromatic rings. The molecule has 3 heteroatoms. The topological polar surface area (TPSA) is 52.5 Å². The number of benzene rings is 2.